The van der Waals surface area contributed by atoms with Crippen LogP contribution < -0.4 is 5.32 Å². The second-order valence-corrected chi connectivity index (χ2v) is 5.82. The monoisotopic (exact) mass is 311 g/mol. The number of hydrogen-bond acceptors (Lipinski definition) is 1. The molecule has 2 aromatic rings. The van der Waals surface area contributed by atoms with E-state index in [1.807, 2.05) is 0 Å². The number of halogens is 3. The standard InChI is InChI=1S/C16H16Cl2FN/c1-10(2)12-5-3-11(4-6-12)9-20-13-7-14(17)16(19)15(18)8-13/h3-8,10,20H,9H2,1-2H3. The maximum absolute atomic E-state index is 13.3. The Morgan fingerprint density at radius 2 is 1.60 bits per heavy atom. The van der Waals surface area contributed by atoms with Crippen molar-refractivity contribution in [2.45, 2.75) is 26.3 Å². The Labute approximate surface area is 128 Å². The van der Waals surface area contributed by atoms with Gasteiger partial charge >= 0.3 is 0 Å². The normalized spacial score (nSPS) is 10.9. The molecule has 1 nitrogen and oxygen atoms in total. The largest absolute Gasteiger partial charge is 0.381 e. The van der Waals surface area contributed by atoms with E-state index in [0.29, 0.717) is 18.2 Å². The summed E-state index contributed by atoms with van der Waals surface area (Å²) in [6.07, 6.45) is 0. The van der Waals surface area contributed by atoms with Gasteiger partial charge in [0, 0.05) is 12.2 Å². The molecule has 0 saturated carbocycles. The molecule has 0 saturated heterocycles. The molecule has 0 aliphatic rings. The molecule has 0 aromatic heterocycles. The van der Waals surface area contributed by atoms with Crippen molar-refractivity contribution in [2.75, 3.05) is 5.32 Å². The van der Waals surface area contributed by atoms with Gasteiger partial charge in [-0.25, -0.2) is 4.39 Å². The highest BCUT2D eigenvalue weighted by atomic mass is 35.5. The lowest BCUT2D eigenvalue weighted by Crippen LogP contribution is -2.00. The first kappa shape index (κ1) is 15.1. The summed E-state index contributed by atoms with van der Waals surface area (Å²) < 4.78 is 13.3. The fourth-order valence-electron chi connectivity index (χ4n) is 1.88. The molecule has 0 spiro atoms. The van der Waals surface area contributed by atoms with Crippen molar-refractivity contribution in [3.8, 4) is 0 Å². The van der Waals surface area contributed by atoms with Crippen molar-refractivity contribution in [3.63, 3.8) is 0 Å². The maximum atomic E-state index is 13.3. The Morgan fingerprint density at radius 3 is 2.10 bits per heavy atom. The van der Waals surface area contributed by atoms with Crippen LogP contribution >= 0.6 is 23.2 Å². The molecule has 0 amide bonds. The molecule has 0 aliphatic carbocycles. The lowest BCUT2D eigenvalue weighted by molar-refractivity contribution is 0.629. The number of benzene rings is 2. The molecule has 106 valence electrons. The average molecular weight is 312 g/mol. The van der Waals surface area contributed by atoms with Crippen LogP contribution in [0.5, 0.6) is 0 Å². The minimum atomic E-state index is -0.583. The molecule has 0 radical (unpaired) electrons. The second-order valence-electron chi connectivity index (χ2n) is 5.00. The molecule has 0 heterocycles. The van der Waals surface area contributed by atoms with E-state index in [1.54, 1.807) is 0 Å². The van der Waals surface area contributed by atoms with Gasteiger partial charge in [0.2, 0.25) is 0 Å². The molecule has 0 fully saturated rings. The van der Waals surface area contributed by atoms with E-state index in [0.717, 1.165) is 5.56 Å². The van der Waals surface area contributed by atoms with Crippen LogP contribution in [0.3, 0.4) is 0 Å². The van der Waals surface area contributed by atoms with Crippen LogP contribution in [0.4, 0.5) is 10.1 Å². The van der Waals surface area contributed by atoms with Crippen LogP contribution in [0.15, 0.2) is 36.4 Å². The molecule has 4 heteroatoms. The zero-order chi connectivity index (χ0) is 14.7. The molecule has 0 bridgehead atoms. The van der Waals surface area contributed by atoms with E-state index in [1.165, 1.54) is 17.7 Å². The van der Waals surface area contributed by atoms with Crippen molar-refractivity contribution in [2.24, 2.45) is 0 Å². The Hall–Kier alpha value is -1.25. The van der Waals surface area contributed by atoms with Crippen LogP contribution in [0.2, 0.25) is 10.0 Å². The highest BCUT2D eigenvalue weighted by Crippen LogP contribution is 2.27. The lowest BCUT2D eigenvalue weighted by Gasteiger charge is -2.10. The Morgan fingerprint density at radius 1 is 1.05 bits per heavy atom. The van der Waals surface area contributed by atoms with Crippen molar-refractivity contribution in [1.82, 2.24) is 0 Å². The van der Waals surface area contributed by atoms with Crippen molar-refractivity contribution in [1.29, 1.82) is 0 Å². The van der Waals surface area contributed by atoms with Gasteiger partial charge in [-0.2, -0.15) is 0 Å². The van der Waals surface area contributed by atoms with E-state index < -0.39 is 5.82 Å². The third kappa shape index (κ3) is 3.65. The van der Waals surface area contributed by atoms with E-state index in [4.69, 9.17) is 23.2 Å². The fraction of sp³-hybridized carbons (Fsp3) is 0.250. The molecular weight excluding hydrogens is 296 g/mol. The maximum Gasteiger partial charge on any atom is 0.160 e. The third-order valence-corrected chi connectivity index (χ3v) is 3.68. The number of rotatable bonds is 4. The summed E-state index contributed by atoms with van der Waals surface area (Å²) in [7, 11) is 0. The van der Waals surface area contributed by atoms with Crippen LogP contribution in [0, 0.1) is 5.82 Å². The van der Waals surface area contributed by atoms with Gasteiger partial charge in [-0.05, 0) is 29.2 Å². The number of nitrogens with one attached hydrogen (secondary N) is 1. The number of anilines is 1. The lowest BCUT2D eigenvalue weighted by atomic mass is 10.0. The molecular formula is C16H16Cl2FN. The molecule has 2 rings (SSSR count). The summed E-state index contributed by atoms with van der Waals surface area (Å²) >= 11 is 11.5. The van der Waals surface area contributed by atoms with Crippen LogP contribution in [-0.4, -0.2) is 0 Å². The summed E-state index contributed by atoms with van der Waals surface area (Å²) in [5, 5.41) is 3.23. The minimum absolute atomic E-state index is 0.0233. The summed E-state index contributed by atoms with van der Waals surface area (Å²) in [5.74, 6) is -0.0631. The molecule has 1 N–H and O–H groups in total. The van der Waals surface area contributed by atoms with Crippen LogP contribution in [0.25, 0.3) is 0 Å². The Kier molecular flexibility index (Phi) is 4.90. The minimum Gasteiger partial charge on any atom is -0.381 e. The molecule has 2 aromatic carbocycles. The van der Waals surface area contributed by atoms with E-state index >= 15 is 0 Å². The Bertz CT molecular complexity index is 571. The quantitative estimate of drug-likeness (QED) is 0.696. The van der Waals surface area contributed by atoms with Gasteiger partial charge in [0.15, 0.2) is 5.82 Å². The number of hydrogen-bond donors (Lipinski definition) is 1. The zero-order valence-electron chi connectivity index (χ0n) is 11.4. The topological polar surface area (TPSA) is 12.0 Å². The van der Waals surface area contributed by atoms with Gasteiger partial charge in [-0.15, -0.1) is 0 Å². The predicted molar refractivity (Wildman–Crippen MR) is 84.3 cm³/mol. The fourth-order valence-corrected chi connectivity index (χ4v) is 2.37. The Balaban J connectivity index is 2.05. The molecule has 0 aliphatic heterocycles. The van der Waals surface area contributed by atoms with Gasteiger partial charge in [0.1, 0.15) is 0 Å². The van der Waals surface area contributed by atoms with E-state index in [-0.39, 0.29) is 10.0 Å². The van der Waals surface area contributed by atoms with Gasteiger partial charge in [0.05, 0.1) is 10.0 Å². The van der Waals surface area contributed by atoms with Crippen molar-refractivity contribution < 1.29 is 4.39 Å². The zero-order valence-corrected chi connectivity index (χ0v) is 12.9. The third-order valence-electron chi connectivity index (χ3n) is 3.13. The van der Waals surface area contributed by atoms with Crippen LogP contribution in [-0.2, 0) is 6.54 Å². The second kappa shape index (κ2) is 6.47. The highest BCUT2D eigenvalue weighted by molar-refractivity contribution is 6.35. The molecule has 20 heavy (non-hydrogen) atoms. The van der Waals surface area contributed by atoms with Crippen molar-refractivity contribution in [3.05, 3.63) is 63.4 Å². The summed E-state index contributed by atoms with van der Waals surface area (Å²) in [6, 6.07) is 11.5. The summed E-state index contributed by atoms with van der Waals surface area (Å²) in [5.41, 5.74) is 3.15. The molecule has 0 atom stereocenters. The van der Waals surface area contributed by atoms with Gasteiger partial charge in [-0.1, -0.05) is 61.3 Å². The van der Waals surface area contributed by atoms with Gasteiger partial charge in [0.25, 0.3) is 0 Å². The first-order valence-electron chi connectivity index (χ1n) is 6.44. The summed E-state index contributed by atoms with van der Waals surface area (Å²) in [4.78, 5) is 0. The summed E-state index contributed by atoms with van der Waals surface area (Å²) in [6.45, 7) is 4.96. The van der Waals surface area contributed by atoms with E-state index in [2.05, 4.69) is 43.4 Å². The van der Waals surface area contributed by atoms with Gasteiger partial charge < -0.3 is 5.32 Å². The predicted octanol–water partition coefficient (Wildman–Crippen LogP) is 5.87. The SMILES string of the molecule is CC(C)c1ccc(CNc2cc(Cl)c(F)c(Cl)c2)cc1. The smallest absolute Gasteiger partial charge is 0.160 e. The van der Waals surface area contributed by atoms with Crippen molar-refractivity contribution >= 4 is 28.9 Å². The highest BCUT2D eigenvalue weighted by Gasteiger charge is 2.07. The average Bonchev–Trinajstić information content (AvgIpc) is 2.42. The first-order valence-corrected chi connectivity index (χ1v) is 7.20. The van der Waals surface area contributed by atoms with Gasteiger partial charge in [-0.3, -0.25) is 0 Å². The first-order chi connectivity index (χ1) is 9.47. The van der Waals surface area contributed by atoms with E-state index in [9.17, 15) is 4.39 Å². The van der Waals surface area contributed by atoms with Crippen LogP contribution in [0.1, 0.15) is 30.9 Å². The molecule has 0 unspecified atom stereocenters.